The van der Waals surface area contributed by atoms with Crippen molar-refractivity contribution < 1.29 is 10.2 Å². The van der Waals surface area contributed by atoms with E-state index in [-0.39, 0.29) is 6.10 Å². The first-order valence-electron chi connectivity index (χ1n) is 6.68. The summed E-state index contributed by atoms with van der Waals surface area (Å²) in [6, 6.07) is 7.72. The number of aryl methyl sites for hydroxylation is 1. The van der Waals surface area contributed by atoms with Crippen LogP contribution in [0.2, 0.25) is 0 Å². The molecule has 1 aromatic carbocycles. The van der Waals surface area contributed by atoms with Gasteiger partial charge in [0.25, 0.3) is 0 Å². The van der Waals surface area contributed by atoms with Crippen LogP contribution >= 0.6 is 0 Å². The highest BCUT2D eigenvalue weighted by atomic mass is 16.3. The van der Waals surface area contributed by atoms with E-state index in [1.807, 2.05) is 26.0 Å². The van der Waals surface area contributed by atoms with Gasteiger partial charge in [-0.25, -0.2) is 0 Å². The van der Waals surface area contributed by atoms with Crippen LogP contribution in [0.3, 0.4) is 0 Å². The lowest BCUT2D eigenvalue weighted by molar-refractivity contribution is 0.120. The van der Waals surface area contributed by atoms with Crippen LogP contribution in [0.25, 0.3) is 0 Å². The predicted molar refractivity (Wildman–Crippen MR) is 74.7 cm³/mol. The Bertz CT molecular complexity index is 335. The number of rotatable bonds is 7. The molecule has 1 aromatic rings. The van der Waals surface area contributed by atoms with Crippen LogP contribution in [0.1, 0.15) is 32.8 Å². The third-order valence-corrected chi connectivity index (χ3v) is 3.25. The van der Waals surface area contributed by atoms with Crippen molar-refractivity contribution in [2.24, 2.45) is 5.92 Å². The molecule has 102 valence electrons. The maximum atomic E-state index is 9.70. The molecular weight excluding hydrogens is 226 g/mol. The summed E-state index contributed by atoms with van der Waals surface area (Å²) in [6.45, 7) is 6.82. The zero-order valence-corrected chi connectivity index (χ0v) is 11.6. The number of phenolic OH excluding ortho intramolecular Hbond substituents is 1. The Balaban J connectivity index is 2.24. The van der Waals surface area contributed by atoms with Crippen LogP contribution in [0.15, 0.2) is 24.3 Å². The standard InChI is InChI=1S/C15H25NO2/c1-11(2)15(18)10-16-12(3)4-5-13-6-8-14(17)9-7-13/h6-9,11-12,15-18H,4-5,10H2,1-3H3. The van der Waals surface area contributed by atoms with E-state index in [1.54, 1.807) is 12.1 Å². The molecule has 3 nitrogen and oxygen atoms in total. The fourth-order valence-corrected chi connectivity index (χ4v) is 1.71. The summed E-state index contributed by atoms with van der Waals surface area (Å²) in [5, 5.41) is 22.2. The first kappa shape index (κ1) is 15.0. The Labute approximate surface area is 110 Å². The minimum Gasteiger partial charge on any atom is -0.508 e. The maximum absolute atomic E-state index is 9.70. The summed E-state index contributed by atoms with van der Waals surface area (Å²) in [6.07, 6.45) is 1.73. The molecule has 0 radical (unpaired) electrons. The van der Waals surface area contributed by atoms with Crippen LogP contribution in [0.4, 0.5) is 0 Å². The highest BCUT2D eigenvalue weighted by Gasteiger charge is 2.10. The largest absolute Gasteiger partial charge is 0.508 e. The molecule has 0 saturated heterocycles. The van der Waals surface area contributed by atoms with Gasteiger partial charge in [0.15, 0.2) is 0 Å². The summed E-state index contributed by atoms with van der Waals surface area (Å²) in [7, 11) is 0. The number of hydrogen-bond acceptors (Lipinski definition) is 3. The second-order valence-corrected chi connectivity index (χ2v) is 5.33. The molecule has 1 rings (SSSR count). The Morgan fingerprint density at radius 3 is 2.28 bits per heavy atom. The van der Waals surface area contributed by atoms with E-state index in [0.29, 0.717) is 24.3 Å². The SMILES string of the molecule is CC(CCc1ccc(O)cc1)NCC(O)C(C)C. The molecule has 0 aliphatic rings. The van der Waals surface area contributed by atoms with E-state index in [4.69, 9.17) is 0 Å². The summed E-state index contributed by atoms with van der Waals surface area (Å²) in [5.74, 6) is 0.603. The van der Waals surface area contributed by atoms with Crippen LogP contribution in [-0.2, 0) is 6.42 Å². The number of nitrogens with one attached hydrogen (secondary N) is 1. The number of aromatic hydroxyl groups is 1. The normalized spacial score (nSPS) is 14.7. The van der Waals surface area contributed by atoms with Gasteiger partial charge in [0.1, 0.15) is 5.75 Å². The van der Waals surface area contributed by atoms with E-state index in [0.717, 1.165) is 12.8 Å². The highest BCUT2D eigenvalue weighted by Crippen LogP contribution is 2.12. The Morgan fingerprint density at radius 2 is 1.72 bits per heavy atom. The lowest BCUT2D eigenvalue weighted by Crippen LogP contribution is -2.36. The van der Waals surface area contributed by atoms with Gasteiger partial charge in [-0.2, -0.15) is 0 Å². The molecule has 0 saturated carbocycles. The summed E-state index contributed by atoms with van der Waals surface area (Å²) < 4.78 is 0. The minimum absolute atomic E-state index is 0.277. The maximum Gasteiger partial charge on any atom is 0.115 e. The van der Waals surface area contributed by atoms with Crippen molar-refractivity contribution >= 4 is 0 Å². The van der Waals surface area contributed by atoms with Gasteiger partial charge in [0.2, 0.25) is 0 Å². The lowest BCUT2D eigenvalue weighted by Gasteiger charge is -2.19. The summed E-state index contributed by atoms with van der Waals surface area (Å²) >= 11 is 0. The topological polar surface area (TPSA) is 52.5 Å². The minimum atomic E-state index is -0.277. The van der Waals surface area contributed by atoms with Crippen LogP contribution in [0, 0.1) is 5.92 Å². The van der Waals surface area contributed by atoms with Crippen molar-refractivity contribution in [1.82, 2.24) is 5.32 Å². The molecule has 0 aliphatic carbocycles. The smallest absolute Gasteiger partial charge is 0.115 e. The number of benzene rings is 1. The second-order valence-electron chi connectivity index (χ2n) is 5.33. The fourth-order valence-electron chi connectivity index (χ4n) is 1.71. The van der Waals surface area contributed by atoms with E-state index in [9.17, 15) is 10.2 Å². The molecule has 0 aromatic heterocycles. The molecule has 3 heteroatoms. The average Bonchev–Trinajstić information content (AvgIpc) is 2.35. The molecule has 0 aliphatic heterocycles. The van der Waals surface area contributed by atoms with Crippen LogP contribution in [0.5, 0.6) is 5.75 Å². The molecule has 0 amide bonds. The number of hydrogen-bond donors (Lipinski definition) is 3. The first-order chi connectivity index (χ1) is 8.49. The van der Waals surface area contributed by atoms with Crippen molar-refractivity contribution in [3.63, 3.8) is 0 Å². The monoisotopic (exact) mass is 251 g/mol. The third-order valence-electron chi connectivity index (χ3n) is 3.25. The third kappa shape index (κ3) is 5.52. The zero-order chi connectivity index (χ0) is 13.5. The summed E-state index contributed by atoms with van der Waals surface area (Å²) in [5.41, 5.74) is 1.23. The molecule has 18 heavy (non-hydrogen) atoms. The van der Waals surface area contributed by atoms with Crippen molar-refractivity contribution in [2.75, 3.05) is 6.54 Å². The van der Waals surface area contributed by atoms with Gasteiger partial charge in [0.05, 0.1) is 6.10 Å². The Kier molecular flexibility index (Phi) is 6.16. The molecule has 0 spiro atoms. The fraction of sp³-hybridized carbons (Fsp3) is 0.600. The van der Waals surface area contributed by atoms with Gasteiger partial charge in [-0.1, -0.05) is 26.0 Å². The number of phenols is 1. The van der Waals surface area contributed by atoms with Crippen molar-refractivity contribution in [3.8, 4) is 5.75 Å². The predicted octanol–water partition coefficient (Wildman–Crippen LogP) is 2.32. The van der Waals surface area contributed by atoms with Crippen molar-refractivity contribution in [2.45, 2.75) is 45.8 Å². The molecule has 0 heterocycles. The lowest BCUT2D eigenvalue weighted by atomic mass is 10.0. The molecular formula is C15H25NO2. The molecule has 3 N–H and O–H groups in total. The van der Waals surface area contributed by atoms with E-state index in [2.05, 4.69) is 12.2 Å². The van der Waals surface area contributed by atoms with Gasteiger partial charge in [-0.05, 0) is 43.4 Å². The zero-order valence-electron chi connectivity index (χ0n) is 11.6. The Morgan fingerprint density at radius 1 is 1.11 bits per heavy atom. The van der Waals surface area contributed by atoms with Gasteiger partial charge in [-0.3, -0.25) is 0 Å². The number of aliphatic hydroxyl groups is 1. The van der Waals surface area contributed by atoms with E-state index < -0.39 is 0 Å². The van der Waals surface area contributed by atoms with E-state index in [1.165, 1.54) is 5.56 Å². The van der Waals surface area contributed by atoms with Gasteiger partial charge in [0, 0.05) is 12.6 Å². The number of aliphatic hydroxyl groups excluding tert-OH is 1. The van der Waals surface area contributed by atoms with Crippen LogP contribution in [-0.4, -0.2) is 28.9 Å². The van der Waals surface area contributed by atoms with Crippen molar-refractivity contribution in [3.05, 3.63) is 29.8 Å². The highest BCUT2D eigenvalue weighted by molar-refractivity contribution is 5.25. The molecule has 2 unspecified atom stereocenters. The van der Waals surface area contributed by atoms with Gasteiger partial charge in [-0.15, -0.1) is 0 Å². The van der Waals surface area contributed by atoms with Gasteiger partial charge < -0.3 is 15.5 Å². The quantitative estimate of drug-likeness (QED) is 0.697. The van der Waals surface area contributed by atoms with E-state index >= 15 is 0 Å². The molecule has 2 atom stereocenters. The molecule has 0 fully saturated rings. The van der Waals surface area contributed by atoms with Crippen molar-refractivity contribution in [1.29, 1.82) is 0 Å². The van der Waals surface area contributed by atoms with Crippen LogP contribution < -0.4 is 5.32 Å². The first-order valence-corrected chi connectivity index (χ1v) is 6.68. The summed E-state index contributed by atoms with van der Waals surface area (Å²) in [4.78, 5) is 0. The average molecular weight is 251 g/mol. The second kappa shape index (κ2) is 7.39. The molecule has 0 bridgehead atoms. The Hall–Kier alpha value is -1.06. The van der Waals surface area contributed by atoms with Gasteiger partial charge >= 0.3 is 0 Å².